The standard InChI is InChI=1S/C14H24O2/c1-6-12-10(2)7-8-14(4,5)13(12)9-16-11(3)15/h13H,6-9H2,1-5H3. The summed E-state index contributed by atoms with van der Waals surface area (Å²) in [5.41, 5.74) is 3.25. The van der Waals surface area contributed by atoms with Gasteiger partial charge in [-0.15, -0.1) is 0 Å². The van der Waals surface area contributed by atoms with E-state index in [-0.39, 0.29) is 11.4 Å². The van der Waals surface area contributed by atoms with E-state index in [0.717, 1.165) is 6.42 Å². The van der Waals surface area contributed by atoms with Crippen molar-refractivity contribution in [1.82, 2.24) is 0 Å². The zero-order chi connectivity index (χ0) is 12.3. The van der Waals surface area contributed by atoms with Crippen molar-refractivity contribution in [1.29, 1.82) is 0 Å². The van der Waals surface area contributed by atoms with Crippen LogP contribution in [0.2, 0.25) is 0 Å². The lowest BCUT2D eigenvalue weighted by molar-refractivity contribution is -0.143. The summed E-state index contributed by atoms with van der Waals surface area (Å²) in [6.45, 7) is 11.0. The Morgan fingerprint density at radius 3 is 2.62 bits per heavy atom. The van der Waals surface area contributed by atoms with E-state index < -0.39 is 0 Å². The van der Waals surface area contributed by atoms with Crippen molar-refractivity contribution < 1.29 is 9.53 Å². The van der Waals surface area contributed by atoms with Gasteiger partial charge in [0, 0.05) is 12.8 Å². The highest BCUT2D eigenvalue weighted by molar-refractivity contribution is 5.65. The summed E-state index contributed by atoms with van der Waals surface area (Å²) in [6, 6.07) is 0. The average molecular weight is 224 g/mol. The van der Waals surface area contributed by atoms with Crippen LogP contribution in [0.1, 0.15) is 53.9 Å². The largest absolute Gasteiger partial charge is 0.465 e. The molecule has 1 aliphatic carbocycles. The van der Waals surface area contributed by atoms with Crippen LogP contribution in [0.5, 0.6) is 0 Å². The monoisotopic (exact) mass is 224 g/mol. The summed E-state index contributed by atoms with van der Waals surface area (Å²) >= 11 is 0. The second-order valence-electron chi connectivity index (χ2n) is 5.50. The van der Waals surface area contributed by atoms with Gasteiger partial charge in [0.25, 0.3) is 0 Å². The molecule has 16 heavy (non-hydrogen) atoms. The van der Waals surface area contributed by atoms with E-state index in [2.05, 4.69) is 27.7 Å². The highest BCUT2D eigenvalue weighted by Crippen LogP contribution is 2.44. The zero-order valence-electron chi connectivity index (χ0n) is 11.2. The van der Waals surface area contributed by atoms with Crippen molar-refractivity contribution in [3.8, 4) is 0 Å². The van der Waals surface area contributed by atoms with Crippen LogP contribution >= 0.6 is 0 Å². The third-order valence-corrected chi connectivity index (χ3v) is 3.89. The van der Waals surface area contributed by atoms with Crippen LogP contribution in [0.3, 0.4) is 0 Å². The van der Waals surface area contributed by atoms with Gasteiger partial charge in [-0.25, -0.2) is 0 Å². The van der Waals surface area contributed by atoms with Crippen molar-refractivity contribution in [3.05, 3.63) is 11.1 Å². The van der Waals surface area contributed by atoms with Crippen LogP contribution in [0.25, 0.3) is 0 Å². The smallest absolute Gasteiger partial charge is 0.302 e. The first-order valence-corrected chi connectivity index (χ1v) is 6.20. The first kappa shape index (κ1) is 13.3. The van der Waals surface area contributed by atoms with Gasteiger partial charge in [-0.05, 0) is 31.6 Å². The van der Waals surface area contributed by atoms with E-state index in [1.54, 1.807) is 0 Å². The number of esters is 1. The van der Waals surface area contributed by atoms with Crippen LogP contribution in [-0.2, 0) is 9.53 Å². The summed E-state index contributed by atoms with van der Waals surface area (Å²) in [5, 5.41) is 0. The van der Waals surface area contributed by atoms with Crippen molar-refractivity contribution in [2.45, 2.75) is 53.9 Å². The maximum absolute atomic E-state index is 10.9. The molecule has 0 bridgehead atoms. The summed E-state index contributed by atoms with van der Waals surface area (Å²) in [6.07, 6.45) is 3.45. The lowest BCUT2D eigenvalue weighted by Crippen LogP contribution is -2.34. The summed E-state index contributed by atoms with van der Waals surface area (Å²) in [5.74, 6) is 0.227. The minimum atomic E-state index is -0.172. The molecule has 0 N–H and O–H groups in total. The molecule has 0 heterocycles. The minimum absolute atomic E-state index is 0.172. The highest BCUT2D eigenvalue weighted by atomic mass is 16.5. The van der Waals surface area contributed by atoms with Crippen LogP contribution in [0, 0.1) is 11.3 Å². The quantitative estimate of drug-likeness (QED) is 0.539. The van der Waals surface area contributed by atoms with E-state index in [9.17, 15) is 4.79 Å². The van der Waals surface area contributed by atoms with Crippen LogP contribution in [0.15, 0.2) is 11.1 Å². The van der Waals surface area contributed by atoms with Crippen LogP contribution in [0.4, 0.5) is 0 Å². The third-order valence-electron chi connectivity index (χ3n) is 3.89. The van der Waals surface area contributed by atoms with Gasteiger partial charge in [0.1, 0.15) is 0 Å². The van der Waals surface area contributed by atoms with Crippen molar-refractivity contribution >= 4 is 5.97 Å². The normalized spacial score (nSPS) is 24.4. The molecule has 0 aromatic rings. The first-order valence-electron chi connectivity index (χ1n) is 6.20. The second-order valence-corrected chi connectivity index (χ2v) is 5.50. The Morgan fingerprint density at radius 1 is 1.50 bits per heavy atom. The number of hydrogen-bond donors (Lipinski definition) is 0. The van der Waals surface area contributed by atoms with Gasteiger partial charge in [-0.1, -0.05) is 31.9 Å². The van der Waals surface area contributed by atoms with E-state index in [4.69, 9.17) is 4.74 Å². The SMILES string of the molecule is CCC1=C(C)CCC(C)(C)C1COC(C)=O. The fourth-order valence-electron chi connectivity index (χ4n) is 2.69. The minimum Gasteiger partial charge on any atom is -0.465 e. The van der Waals surface area contributed by atoms with E-state index >= 15 is 0 Å². The number of carbonyl (C=O) groups is 1. The molecule has 0 fully saturated rings. The molecule has 0 aliphatic heterocycles. The summed E-state index contributed by atoms with van der Waals surface area (Å²) < 4.78 is 5.22. The summed E-state index contributed by atoms with van der Waals surface area (Å²) in [7, 11) is 0. The molecule has 1 rings (SSSR count). The number of allylic oxidation sites excluding steroid dienone is 1. The fourth-order valence-corrected chi connectivity index (χ4v) is 2.69. The topological polar surface area (TPSA) is 26.3 Å². The van der Waals surface area contributed by atoms with E-state index in [1.807, 2.05) is 0 Å². The van der Waals surface area contributed by atoms with Gasteiger partial charge >= 0.3 is 5.97 Å². The molecular formula is C14H24O2. The fraction of sp³-hybridized carbons (Fsp3) is 0.786. The molecule has 0 saturated heterocycles. The van der Waals surface area contributed by atoms with Gasteiger partial charge < -0.3 is 4.74 Å². The molecule has 0 aromatic heterocycles. The molecule has 0 saturated carbocycles. The molecule has 0 spiro atoms. The molecule has 1 aliphatic rings. The molecule has 2 heteroatoms. The molecule has 92 valence electrons. The Bertz CT molecular complexity index is 300. The molecular weight excluding hydrogens is 200 g/mol. The zero-order valence-corrected chi connectivity index (χ0v) is 11.2. The van der Waals surface area contributed by atoms with Gasteiger partial charge in [0.15, 0.2) is 0 Å². The lowest BCUT2D eigenvalue weighted by atomic mass is 9.66. The maximum Gasteiger partial charge on any atom is 0.302 e. The Labute approximate surface area is 99.1 Å². The van der Waals surface area contributed by atoms with Crippen molar-refractivity contribution in [2.75, 3.05) is 6.61 Å². The lowest BCUT2D eigenvalue weighted by Gasteiger charge is -2.40. The predicted molar refractivity (Wildman–Crippen MR) is 66.1 cm³/mol. The second kappa shape index (κ2) is 5.03. The Hall–Kier alpha value is -0.790. The average Bonchev–Trinajstić information content (AvgIpc) is 2.19. The van der Waals surface area contributed by atoms with Crippen LogP contribution < -0.4 is 0 Å². The Balaban J connectivity index is 2.87. The van der Waals surface area contributed by atoms with E-state index in [1.165, 1.54) is 30.9 Å². The van der Waals surface area contributed by atoms with Crippen LogP contribution in [-0.4, -0.2) is 12.6 Å². The van der Waals surface area contributed by atoms with Crippen molar-refractivity contribution in [2.24, 2.45) is 11.3 Å². The van der Waals surface area contributed by atoms with Gasteiger partial charge in [0.2, 0.25) is 0 Å². The van der Waals surface area contributed by atoms with Gasteiger partial charge in [-0.2, -0.15) is 0 Å². The molecule has 2 nitrogen and oxygen atoms in total. The molecule has 0 aromatic carbocycles. The molecule has 1 atom stereocenters. The van der Waals surface area contributed by atoms with E-state index in [0.29, 0.717) is 12.5 Å². The predicted octanol–water partition coefficient (Wildman–Crippen LogP) is 3.71. The molecule has 0 radical (unpaired) electrons. The Morgan fingerprint density at radius 2 is 2.12 bits per heavy atom. The first-order chi connectivity index (χ1) is 7.38. The number of carbonyl (C=O) groups excluding carboxylic acids is 1. The third kappa shape index (κ3) is 2.87. The highest BCUT2D eigenvalue weighted by Gasteiger charge is 2.36. The Kier molecular flexibility index (Phi) is 4.17. The molecule has 0 amide bonds. The summed E-state index contributed by atoms with van der Waals surface area (Å²) in [4.78, 5) is 10.9. The number of rotatable bonds is 3. The van der Waals surface area contributed by atoms with Crippen molar-refractivity contribution in [3.63, 3.8) is 0 Å². The number of hydrogen-bond acceptors (Lipinski definition) is 2. The molecule has 1 unspecified atom stereocenters. The number of ether oxygens (including phenoxy) is 1. The van der Waals surface area contributed by atoms with Gasteiger partial charge in [0.05, 0.1) is 6.61 Å². The van der Waals surface area contributed by atoms with Gasteiger partial charge in [-0.3, -0.25) is 4.79 Å². The maximum atomic E-state index is 10.9.